The lowest BCUT2D eigenvalue weighted by Crippen LogP contribution is -2.48. The number of hydrogen-bond acceptors (Lipinski definition) is 4. The van der Waals surface area contributed by atoms with E-state index in [2.05, 4.69) is 16.2 Å². The van der Waals surface area contributed by atoms with E-state index in [1.165, 1.54) is 12.3 Å². The number of carbonyl (C=O) groups excluding carboxylic acids is 2. The Morgan fingerprint density at radius 3 is 2.48 bits per heavy atom. The summed E-state index contributed by atoms with van der Waals surface area (Å²) in [6, 6.07) is 12.4. The predicted octanol–water partition coefficient (Wildman–Crippen LogP) is 1.16. The summed E-state index contributed by atoms with van der Waals surface area (Å²) in [6.07, 6.45) is 1.59. The molecule has 0 bridgehead atoms. The summed E-state index contributed by atoms with van der Waals surface area (Å²) in [5.74, 6) is -0.625. The smallest absolute Gasteiger partial charge is 0.293 e. The minimum absolute atomic E-state index is 0.0159. The molecule has 21 heavy (non-hydrogen) atoms. The quantitative estimate of drug-likeness (QED) is 0.585. The van der Waals surface area contributed by atoms with Gasteiger partial charge in [0, 0.05) is 0 Å². The van der Waals surface area contributed by atoms with E-state index in [0.717, 1.165) is 5.56 Å². The maximum atomic E-state index is 11.7. The standard InChI is InChI=1S/C14H13N3O3S/c18-12(9-10-5-2-1-3-6-10)16-17-14(21)15-13(19)11-7-4-8-20-11/h1-8H,9H2,(H,16,18)(H2,15,17,19,21). The van der Waals surface area contributed by atoms with Gasteiger partial charge in [0.1, 0.15) is 0 Å². The van der Waals surface area contributed by atoms with Crippen molar-refractivity contribution < 1.29 is 14.0 Å². The molecular formula is C14H13N3O3S. The van der Waals surface area contributed by atoms with E-state index >= 15 is 0 Å². The first-order valence-electron chi connectivity index (χ1n) is 6.13. The van der Waals surface area contributed by atoms with Gasteiger partial charge >= 0.3 is 0 Å². The van der Waals surface area contributed by atoms with Crippen molar-refractivity contribution in [1.29, 1.82) is 0 Å². The molecule has 0 saturated heterocycles. The van der Waals surface area contributed by atoms with Crippen molar-refractivity contribution in [2.24, 2.45) is 0 Å². The van der Waals surface area contributed by atoms with E-state index in [0.29, 0.717) is 0 Å². The van der Waals surface area contributed by atoms with Gasteiger partial charge in [0.15, 0.2) is 10.9 Å². The van der Waals surface area contributed by atoms with Gasteiger partial charge in [-0.25, -0.2) is 0 Å². The SMILES string of the molecule is O=C(Cc1ccccc1)NNC(=S)NC(=O)c1ccco1. The van der Waals surface area contributed by atoms with Crippen LogP contribution in [0.5, 0.6) is 0 Å². The highest BCUT2D eigenvalue weighted by molar-refractivity contribution is 7.80. The van der Waals surface area contributed by atoms with E-state index < -0.39 is 5.91 Å². The van der Waals surface area contributed by atoms with E-state index in [1.807, 2.05) is 30.3 Å². The molecule has 2 aromatic rings. The Bertz CT molecular complexity index is 626. The predicted molar refractivity (Wildman–Crippen MR) is 80.2 cm³/mol. The van der Waals surface area contributed by atoms with Crippen LogP contribution >= 0.6 is 12.2 Å². The first-order valence-corrected chi connectivity index (χ1v) is 6.53. The van der Waals surface area contributed by atoms with Crippen LogP contribution in [0.2, 0.25) is 0 Å². The van der Waals surface area contributed by atoms with E-state index in [9.17, 15) is 9.59 Å². The highest BCUT2D eigenvalue weighted by atomic mass is 32.1. The second-order valence-electron chi connectivity index (χ2n) is 4.10. The molecule has 2 rings (SSSR count). The van der Waals surface area contributed by atoms with Crippen LogP contribution in [0.3, 0.4) is 0 Å². The third-order valence-corrected chi connectivity index (χ3v) is 2.70. The molecule has 6 nitrogen and oxygen atoms in total. The number of rotatable bonds is 3. The molecule has 108 valence electrons. The fourth-order valence-corrected chi connectivity index (χ4v) is 1.70. The molecule has 1 heterocycles. The summed E-state index contributed by atoms with van der Waals surface area (Å²) in [7, 11) is 0. The monoisotopic (exact) mass is 303 g/mol. The first-order chi connectivity index (χ1) is 10.1. The largest absolute Gasteiger partial charge is 0.459 e. The van der Waals surface area contributed by atoms with Crippen molar-refractivity contribution in [3.05, 3.63) is 60.1 Å². The van der Waals surface area contributed by atoms with Gasteiger partial charge in [0.2, 0.25) is 5.91 Å². The molecule has 3 N–H and O–H groups in total. The van der Waals surface area contributed by atoms with E-state index in [-0.39, 0.29) is 23.2 Å². The van der Waals surface area contributed by atoms with Crippen LogP contribution in [0.1, 0.15) is 16.1 Å². The van der Waals surface area contributed by atoms with Crippen LogP contribution in [0, 0.1) is 0 Å². The normalized spacial score (nSPS) is 9.71. The number of carbonyl (C=O) groups is 2. The molecule has 0 atom stereocenters. The van der Waals surface area contributed by atoms with Crippen molar-refractivity contribution in [3.63, 3.8) is 0 Å². The number of nitrogens with one attached hydrogen (secondary N) is 3. The topological polar surface area (TPSA) is 83.4 Å². The van der Waals surface area contributed by atoms with Crippen LogP contribution in [-0.2, 0) is 11.2 Å². The number of hydrazine groups is 1. The van der Waals surface area contributed by atoms with Crippen LogP contribution < -0.4 is 16.2 Å². The summed E-state index contributed by atoms with van der Waals surface area (Å²) in [4.78, 5) is 23.3. The Morgan fingerprint density at radius 1 is 1.05 bits per heavy atom. The van der Waals surface area contributed by atoms with Crippen molar-refractivity contribution in [2.45, 2.75) is 6.42 Å². The zero-order chi connectivity index (χ0) is 15.1. The molecule has 0 saturated carbocycles. The maximum Gasteiger partial charge on any atom is 0.293 e. The molecule has 2 amide bonds. The molecule has 0 fully saturated rings. The van der Waals surface area contributed by atoms with Crippen molar-refractivity contribution in [1.82, 2.24) is 16.2 Å². The molecule has 0 radical (unpaired) electrons. The number of amides is 2. The average Bonchev–Trinajstić information content (AvgIpc) is 3.00. The minimum atomic E-state index is -0.491. The van der Waals surface area contributed by atoms with E-state index in [1.54, 1.807) is 6.07 Å². The molecule has 0 spiro atoms. The summed E-state index contributed by atoms with van der Waals surface area (Å²) in [5, 5.41) is 2.36. The Morgan fingerprint density at radius 2 is 1.81 bits per heavy atom. The van der Waals surface area contributed by atoms with Gasteiger partial charge in [0.25, 0.3) is 5.91 Å². The number of furan rings is 1. The lowest BCUT2D eigenvalue weighted by atomic mass is 10.1. The maximum absolute atomic E-state index is 11.7. The number of benzene rings is 1. The van der Waals surface area contributed by atoms with Gasteiger partial charge in [0.05, 0.1) is 12.7 Å². The second kappa shape index (κ2) is 7.20. The van der Waals surface area contributed by atoms with Gasteiger partial charge in [-0.15, -0.1) is 0 Å². The van der Waals surface area contributed by atoms with Gasteiger partial charge in [-0.05, 0) is 29.9 Å². The second-order valence-corrected chi connectivity index (χ2v) is 4.50. The van der Waals surface area contributed by atoms with Crippen molar-refractivity contribution >= 4 is 29.1 Å². The zero-order valence-corrected chi connectivity index (χ0v) is 11.8. The third-order valence-electron chi connectivity index (χ3n) is 2.49. The van der Waals surface area contributed by atoms with Crippen LogP contribution in [0.4, 0.5) is 0 Å². The molecule has 1 aromatic heterocycles. The average molecular weight is 303 g/mol. The highest BCUT2D eigenvalue weighted by Gasteiger charge is 2.10. The molecule has 0 aliphatic heterocycles. The lowest BCUT2D eigenvalue weighted by Gasteiger charge is -2.09. The van der Waals surface area contributed by atoms with Gasteiger partial charge in [-0.1, -0.05) is 30.3 Å². The Hall–Kier alpha value is -2.67. The van der Waals surface area contributed by atoms with Crippen molar-refractivity contribution in [2.75, 3.05) is 0 Å². The fraction of sp³-hybridized carbons (Fsp3) is 0.0714. The van der Waals surface area contributed by atoms with Crippen molar-refractivity contribution in [3.8, 4) is 0 Å². The molecule has 0 aliphatic carbocycles. The minimum Gasteiger partial charge on any atom is -0.459 e. The van der Waals surface area contributed by atoms with Crippen LogP contribution in [-0.4, -0.2) is 16.9 Å². The highest BCUT2D eigenvalue weighted by Crippen LogP contribution is 1.99. The first kappa shape index (κ1) is 14.7. The van der Waals surface area contributed by atoms with Gasteiger partial charge < -0.3 is 4.42 Å². The van der Waals surface area contributed by atoms with Gasteiger partial charge in [-0.3, -0.25) is 25.8 Å². The fourth-order valence-electron chi connectivity index (χ4n) is 1.56. The summed E-state index contributed by atoms with van der Waals surface area (Å²) in [6.45, 7) is 0. The summed E-state index contributed by atoms with van der Waals surface area (Å²) >= 11 is 4.89. The molecule has 0 unspecified atom stereocenters. The van der Waals surface area contributed by atoms with E-state index in [4.69, 9.17) is 16.6 Å². The van der Waals surface area contributed by atoms with Gasteiger partial charge in [-0.2, -0.15) is 0 Å². The lowest BCUT2D eigenvalue weighted by molar-refractivity contribution is -0.121. The summed E-state index contributed by atoms with van der Waals surface area (Å²) < 4.78 is 4.91. The molecule has 1 aromatic carbocycles. The number of thiocarbonyl (C=S) groups is 1. The Kier molecular flexibility index (Phi) is 5.05. The Balaban J connectivity index is 1.74. The molecule has 0 aliphatic rings. The Labute approximate surface area is 126 Å². The summed E-state index contributed by atoms with van der Waals surface area (Å²) in [5.41, 5.74) is 5.74. The third kappa shape index (κ3) is 4.73. The zero-order valence-electron chi connectivity index (χ0n) is 11.0. The number of hydrogen-bond donors (Lipinski definition) is 3. The van der Waals surface area contributed by atoms with Crippen LogP contribution in [0.25, 0.3) is 0 Å². The molecular weight excluding hydrogens is 290 g/mol. The molecule has 7 heteroatoms. The van der Waals surface area contributed by atoms with Crippen LogP contribution in [0.15, 0.2) is 53.1 Å².